The number of hydrogen-bond acceptors (Lipinski definition) is 4. The van der Waals surface area contributed by atoms with Gasteiger partial charge in [-0.15, -0.1) is 0 Å². The number of rotatable bonds is 2. The first kappa shape index (κ1) is 12.7. The summed E-state index contributed by atoms with van der Waals surface area (Å²) in [5, 5.41) is 11.9. The van der Waals surface area contributed by atoms with E-state index in [-0.39, 0.29) is 5.84 Å². The fourth-order valence-corrected chi connectivity index (χ4v) is 2.26. The molecule has 0 atom stereocenters. The standard InChI is InChI=1S/C13H20N4O/c1-13(2)4-7-17(8-5-13)11-9-15-6-3-10(11)12(14)16-18/h3,6,9,18H,4-5,7-8H2,1-2H3,(H2,14,16). The summed E-state index contributed by atoms with van der Waals surface area (Å²) in [6.07, 6.45) is 5.71. The Kier molecular flexibility index (Phi) is 3.41. The largest absolute Gasteiger partial charge is 0.409 e. The SMILES string of the molecule is CC1(C)CCN(c2cnccc2/C(N)=N/O)CC1. The van der Waals surface area contributed by atoms with E-state index >= 15 is 0 Å². The van der Waals surface area contributed by atoms with E-state index in [2.05, 4.69) is 28.9 Å². The third kappa shape index (κ3) is 2.55. The molecule has 1 aliphatic rings. The van der Waals surface area contributed by atoms with Crippen LogP contribution in [0.2, 0.25) is 0 Å². The van der Waals surface area contributed by atoms with Crippen LogP contribution in [0.25, 0.3) is 0 Å². The van der Waals surface area contributed by atoms with E-state index < -0.39 is 0 Å². The zero-order chi connectivity index (χ0) is 13.2. The van der Waals surface area contributed by atoms with Crippen LogP contribution in [0.5, 0.6) is 0 Å². The zero-order valence-electron chi connectivity index (χ0n) is 10.9. The van der Waals surface area contributed by atoms with E-state index in [0.717, 1.165) is 37.2 Å². The molecule has 2 rings (SSSR count). The van der Waals surface area contributed by atoms with Crippen LogP contribution in [0.1, 0.15) is 32.3 Å². The second kappa shape index (κ2) is 4.84. The summed E-state index contributed by atoms with van der Waals surface area (Å²) in [5.41, 5.74) is 7.79. The number of anilines is 1. The maximum absolute atomic E-state index is 8.82. The Morgan fingerprint density at radius 3 is 2.72 bits per heavy atom. The molecule has 0 unspecified atom stereocenters. The van der Waals surface area contributed by atoms with Crippen molar-refractivity contribution in [1.29, 1.82) is 0 Å². The van der Waals surface area contributed by atoms with Gasteiger partial charge in [-0.3, -0.25) is 4.98 Å². The molecule has 1 fully saturated rings. The van der Waals surface area contributed by atoms with Crippen molar-refractivity contribution in [2.75, 3.05) is 18.0 Å². The van der Waals surface area contributed by atoms with Gasteiger partial charge in [0.25, 0.3) is 0 Å². The second-order valence-corrected chi connectivity index (χ2v) is 5.53. The summed E-state index contributed by atoms with van der Waals surface area (Å²) in [6.45, 7) is 6.53. The summed E-state index contributed by atoms with van der Waals surface area (Å²) < 4.78 is 0. The molecule has 0 saturated carbocycles. The minimum atomic E-state index is 0.136. The first-order chi connectivity index (χ1) is 8.53. The molecule has 1 saturated heterocycles. The van der Waals surface area contributed by atoms with Gasteiger partial charge in [-0.2, -0.15) is 0 Å². The highest BCUT2D eigenvalue weighted by atomic mass is 16.4. The van der Waals surface area contributed by atoms with Crippen molar-refractivity contribution in [2.45, 2.75) is 26.7 Å². The number of amidine groups is 1. The van der Waals surface area contributed by atoms with Crippen molar-refractivity contribution in [1.82, 2.24) is 4.98 Å². The molecule has 3 N–H and O–H groups in total. The molecular weight excluding hydrogens is 228 g/mol. The predicted octanol–water partition coefficient (Wildman–Crippen LogP) is 1.80. The van der Waals surface area contributed by atoms with E-state index in [0.29, 0.717) is 5.41 Å². The monoisotopic (exact) mass is 248 g/mol. The molecule has 0 radical (unpaired) electrons. The highest BCUT2D eigenvalue weighted by Crippen LogP contribution is 2.32. The van der Waals surface area contributed by atoms with Crippen LogP contribution in [-0.4, -0.2) is 29.1 Å². The average molecular weight is 248 g/mol. The van der Waals surface area contributed by atoms with E-state index in [1.807, 2.05) is 0 Å². The second-order valence-electron chi connectivity index (χ2n) is 5.53. The van der Waals surface area contributed by atoms with E-state index in [9.17, 15) is 0 Å². The Labute approximate surface area is 107 Å². The summed E-state index contributed by atoms with van der Waals surface area (Å²) in [5.74, 6) is 0.136. The lowest BCUT2D eigenvalue weighted by Crippen LogP contribution is -2.38. The predicted molar refractivity (Wildman–Crippen MR) is 72.0 cm³/mol. The molecule has 5 heteroatoms. The molecule has 5 nitrogen and oxygen atoms in total. The van der Waals surface area contributed by atoms with Gasteiger partial charge in [-0.1, -0.05) is 19.0 Å². The molecule has 18 heavy (non-hydrogen) atoms. The van der Waals surface area contributed by atoms with Gasteiger partial charge < -0.3 is 15.8 Å². The van der Waals surface area contributed by atoms with Gasteiger partial charge in [0.2, 0.25) is 0 Å². The number of piperidine rings is 1. The molecule has 1 aliphatic heterocycles. The van der Waals surface area contributed by atoms with Gasteiger partial charge in [-0.05, 0) is 24.3 Å². The molecule has 1 aromatic heterocycles. The minimum absolute atomic E-state index is 0.136. The Bertz CT molecular complexity index is 446. The normalized spacial score (nSPS) is 19.9. The van der Waals surface area contributed by atoms with Gasteiger partial charge >= 0.3 is 0 Å². The lowest BCUT2D eigenvalue weighted by Gasteiger charge is -2.38. The zero-order valence-corrected chi connectivity index (χ0v) is 10.9. The molecule has 98 valence electrons. The van der Waals surface area contributed by atoms with Crippen molar-refractivity contribution in [2.24, 2.45) is 16.3 Å². The maximum atomic E-state index is 8.82. The Balaban J connectivity index is 2.24. The molecule has 2 heterocycles. The van der Waals surface area contributed by atoms with Crippen LogP contribution in [0.3, 0.4) is 0 Å². The lowest BCUT2D eigenvalue weighted by atomic mass is 9.82. The molecule has 0 spiro atoms. The third-order valence-electron chi connectivity index (χ3n) is 3.64. The summed E-state index contributed by atoms with van der Waals surface area (Å²) in [7, 11) is 0. The summed E-state index contributed by atoms with van der Waals surface area (Å²) >= 11 is 0. The van der Waals surface area contributed by atoms with Gasteiger partial charge in [0, 0.05) is 24.8 Å². The summed E-state index contributed by atoms with van der Waals surface area (Å²) in [4.78, 5) is 6.40. The van der Waals surface area contributed by atoms with Crippen LogP contribution in [0.15, 0.2) is 23.6 Å². The topological polar surface area (TPSA) is 74.7 Å². The van der Waals surface area contributed by atoms with Gasteiger partial charge in [-0.25, -0.2) is 0 Å². The molecule has 0 aliphatic carbocycles. The highest BCUT2D eigenvalue weighted by molar-refractivity contribution is 6.02. The molecule has 1 aromatic rings. The van der Waals surface area contributed by atoms with Crippen molar-refractivity contribution in [3.05, 3.63) is 24.0 Å². The van der Waals surface area contributed by atoms with Gasteiger partial charge in [0.05, 0.1) is 11.9 Å². The molecular formula is C13H20N4O. The Morgan fingerprint density at radius 2 is 2.11 bits per heavy atom. The number of nitrogens with two attached hydrogens (primary N) is 1. The first-order valence-electron chi connectivity index (χ1n) is 6.20. The van der Waals surface area contributed by atoms with E-state index in [4.69, 9.17) is 10.9 Å². The van der Waals surface area contributed by atoms with Crippen LogP contribution >= 0.6 is 0 Å². The van der Waals surface area contributed by atoms with Crippen molar-refractivity contribution in [3.8, 4) is 0 Å². The number of hydrogen-bond donors (Lipinski definition) is 2. The number of oxime groups is 1. The highest BCUT2D eigenvalue weighted by Gasteiger charge is 2.26. The first-order valence-corrected chi connectivity index (χ1v) is 6.20. The fourth-order valence-electron chi connectivity index (χ4n) is 2.26. The maximum Gasteiger partial charge on any atom is 0.172 e. The van der Waals surface area contributed by atoms with E-state index in [1.54, 1.807) is 18.5 Å². The number of pyridine rings is 1. The van der Waals surface area contributed by atoms with Gasteiger partial charge in [0.15, 0.2) is 5.84 Å². The molecule has 0 aromatic carbocycles. The van der Waals surface area contributed by atoms with Crippen molar-refractivity contribution >= 4 is 11.5 Å². The smallest absolute Gasteiger partial charge is 0.172 e. The van der Waals surface area contributed by atoms with Crippen molar-refractivity contribution in [3.63, 3.8) is 0 Å². The molecule has 0 bridgehead atoms. The quantitative estimate of drug-likeness (QED) is 0.362. The number of aromatic nitrogens is 1. The van der Waals surface area contributed by atoms with Crippen LogP contribution in [-0.2, 0) is 0 Å². The van der Waals surface area contributed by atoms with Crippen LogP contribution in [0, 0.1) is 5.41 Å². The average Bonchev–Trinajstić information content (AvgIpc) is 2.38. The third-order valence-corrected chi connectivity index (χ3v) is 3.64. The fraction of sp³-hybridized carbons (Fsp3) is 0.538. The van der Waals surface area contributed by atoms with Crippen LogP contribution in [0.4, 0.5) is 5.69 Å². The summed E-state index contributed by atoms with van der Waals surface area (Å²) in [6, 6.07) is 1.78. The van der Waals surface area contributed by atoms with Gasteiger partial charge in [0.1, 0.15) is 0 Å². The Morgan fingerprint density at radius 1 is 1.44 bits per heavy atom. The number of nitrogens with zero attached hydrogens (tertiary/aromatic N) is 3. The molecule has 0 amide bonds. The lowest BCUT2D eigenvalue weighted by molar-refractivity contribution is 0.279. The van der Waals surface area contributed by atoms with Crippen LogP contribution < -0.4 is 10.6 Å². The van der Waals surface area contributed by atoms with Crippen molar-refractivity contribution < 1.29 is 5.21 Å². The Hall–Kier alpha value is -1.78. The minimum Gasteiger partial charge on any atom is -0.409 e. The van der Waals surface area contributed by atoms with E-state index in [1.165, 1.54) is 0 Å².